The molecular formula is C19H27NO5. The highest BCUT2D eigenvalue weighted by Crippen LogP contribution is 2.32. The molecule has 6 nitrogen and oxygen atoms in total. The third kappa shape index (κ3) is 5.66. The second kappa shape index (κ2) is 9.30. The summed E-state index contributed by atoms with van der Waals surface area (Å²) in [7, 11) is 3.06. The van der Waals surface area contributed by atoms with Crippen LogP contribution < -0.4 is 14.8 Å². The molecule has 1 aliphatic carbocycles. The van der Waals surface area contributed by atoms with Crippen molar-refractivity contribution in [1.29, 1.82) is 0 Å². The van der Waals surface area contributed by atoms with Gasteiger partial charge < -0.3 is 19.9 Å². The second-order valence-corrected chi connectivity index (χ2v) is 6.53. The molecule has 0 saturated heterocycles. The quantitative estimate of drug-likeness (QED) is 0.752. The van der Waals surface area contributed by atoms with Gasteiger partial charge >= 0.3 is 5.97 Å². The first-order chi connectivity index (χ1) is 12.0. The van der Waals surface area contributed by atoms with E-state index in [0.717, 1.165) is 12.8 Å². The number of benzene rings is 1. The topological polar surface area (TPSA) is 84.9 Å². The van der Waals surface area contributed by atoms with E-state index in [9.17, 15) is 14.7 Å². The molecule has 1 atom stereocenters. The van der Waals surface area contributed by atoms with Crippen molar-refractivity contribution in [3.63, 3.8) is 0 Å². The van der Waals surface area contributed by atoms with Crippen LogP contribution in [0.15, 0.2) is 18.2 Å². The monoisotopic (exact) mass is 349 g/mol. The Labute approximate surface area is 148 Å². The predicted molar refractivity (Wildman–Crippen MR) is 93.9 cm³/mol. The fourth-order valence-electron chi connectivity index (χ4n) is 3.43. The number of methoxy groups -OCH3 is 2. The van der Waals surface area contributed by atoms with Crippen LogP contribution >= 0.6 is 0 Å². The Bertz CT molecular complexity index is 595. The Kier molecular flexibility index (Phi) is 7.10. The largest absolute Gasteiger partial charge is 0.497 e. The van der Waals surface area contributed by atoms with E-state index in [1.807, 2.05) is 0 Å². The van der Waals surface area contributed by atoms with Crippen LogP contribution in [0, 0.1) is 5.92 Å². The maximum atomic E-state index is 12.4. The summed E-state index contributed by atoms with van der Waals surface area (Å²) in [5, 5.41) is 12.1. The number of nitrogens with one attached hydrogen (secondary N) is 1. The molecule has 1 unspecified atom stereocenters. The third-order valence-electron chi connectivity index (χ3n) is 4.73. The van der Waals surface area contributed by atoms with Gasteiger partial charge in [0, 0.05) is 18.1 Å². The lowest BCUT2D eigenvalue weighted by atomic mass is 9.86. The zero-order valence-electron chi connectivity index (χ0n) is 14.9. The third-order valence-corrected chi connectivity index (χ3v) is 4.73. The van der Waals surface area contributed by atoms with Gasteiger partial charge in [-0.05, 0) is 30.9 Å². The maximum Gasteiger partial charge on any atom is 0.305 e. The molecule has 0 aliphatic heterocycles. The van der Waals surface area contributed by atoms with E-state index in [1.54, 1.807) is 25.3 Å². The van der Waals surface area contributed by atoms with Gasteiger partial charge in [-0.25, -0.2) is 0 Å². The Balaban J connectivity index is 2.12. The number of carboxylic acids is 1. The van der Waals surface area contributed by atoms with Crippen LogP contribution in [-0.4, -0.2) is 31.2 Å². The molecule has 1 aromatic carbocycles. The smallest absolute Gasteiger partial charge is 0.305 e. The highest BCUT2D eigenvalue weighted by Gasteiger charge is 2.24. The van der Waals surface area contributed by atoms with E-state index >= 15 is 0 Å². The van der Waals surface area contributed by atoms with Gasteiger partial charge in [0.1, 0.15) is 11.5 Å². The number of hydrogen-bond acceptors (Lipinski definition) is 4. The molecular weight excluding hydrogens is 322 g/mol. The van der Waals surface area contributed by atoms with E-state index in [-0.39, 0.29) is 12.3 Å². The minimum atomic E-state index is -0.971. The molecule has 2 rings (SSSR count). The van der Waals surface area contributed by atoms with Crippen LogP contribution in [0.3, 0.4) is 0 Å². The summed E-state index contributed by atoms with van der Waals surface area (Å²) in [5.41, 5.74) is 0.641. The number of carbonyl (C=O) groups excluding carboxylic acids is 1. The normalized spacial score (nSPS) is 16.1. The molecule has 138 valence electrons. The fourth-order valence-corrected chi connectivity index (χ4v) is 3.43. The van der Waals surface area contributed by atoms with Crippen molar-refractivity contribution in [1.82, 2.24) is 5.32 Å². The summed E-state index contributed by atoms with van der Waals surface area (Å²) < 4.78 is 10.5. The summed E-state index contributed by atoms with van der Waals surface area (Å²) in [4.78, 5) is 23.7. The zero-order chi connectivity index (χ0) is 18.2. The van der Waals surface area contributed by atoms with Crippen LogP contribution in [0.25, 0.3) is 0 Å². The lowest BCUT2D eigenvalue weighted by Gasteiger charge is -2.24. The molecule has 2 N–H and O–H groups in total. The highest BCUT2D eigenvalue weighted by atomic mass is 16.5. The number of ether oxygens (including phenoxy) is 2. The van der Waals surface area contributed by atoms with E-state index in [0.29, 0.717) is 29.4 Å². The van der Waals surface area contributed by atoms with Crippen LogP contribution in [0.4, 0.5) is 0 Å². The molecule has 0 bridgehead atoms. The molecule has 0 radical (unpaired) electrons. The minimum Gasteiger partial charge on any atom is -0.497 e. The number of carbonyl (C=O) groups is 2. The van der Waals surface area contributed by atoms with Gasteiger partial charge in [0.15, 0.2) is 0 Å². The Morgan fingerprint density at radius 3 is 2.52 bits per heavy atom. The van der Waals surface area contributed by atoms with Crippen molar-refractivity contribution in [3.05, 3.63) is 23.8 Å². The molecule has 0 spiro atoms. The summed E-state index contributed by atoms with van der Waals surface area (Å²) in [5.74, 6) is 0.445. The van der Waals surface area contributed by atoms with E-state index in [4.69, 9.17) is 9.47 Å². The van der Waals surface area contributed by atoms with Crippen molar-refractivity contribution in [2.24, 2.45) is 5.92 Å². The first-order valence-corrected chi connectivity index (χ1v) is 8.76. The molecule has 0 aromatic heterocycles. The van der Waals surface area contributed by atoms with Crippen molar-refractivity contribution in [3.8, 4) is 11.5 Å². The average molecular weight is 349 g/mol. The summed E-state index contributed by atoms with van der Waals surface area (Å²) in [6.07, 6.45) is 5.98. The first kappa shape index (κ1) is 19.1. The average Bonchev–Trinajstić information content (AvgIpc) is 2.61. The van der Waals surface area contributed by atoms with Gasteiger partial charge in [0.2, 0.25) is 5.91 Å². The first-order valence-electron chi connectivity index (χ1n) is 8.76. The van der Waals surface area contributed by atoms with Crippen LogP contribution in [-0.2, 0) is 9.59 Å². The lowest BCUT2D eigenvalue weighted by molar-refractivity contribution is -0.137. The maximum absolute atomic E-state index is 12.4. The molecule has 1 saturated carbocycles. The molecule has 1 amide bonds. The SMILES string of the molecule is COc1ccc(C(CC(=O)O)NC(=O)CC2CCCCC2)c(OC)c1. The van der Waals surface area contributed by atoms with Gasteiger partial charge in [-0.3, -0.25) is 9.59 Å². The highest BCUT2D eigenvalue weighted by molar-refractivity contribution is 5.78. The molecule has 6 heteroatoms. The van der Waals surface area contributed by atoms with Gasteiger partial charge in [-0.15, -0.1) is 0 Å². The number of carboxylic acid groups (broad SMARTS) is 1. The zero-order valence-corrected chi connectivity index (χ0v) is 14.9. The Hall–Kier alpha value is -2.24. The second-order valence-electron chi connectivity index (χ2n) is 6.53. The van der Waals surface area contributed by atoms with E-state index < -0.39 is 12.0 Å². The number of rotatable bonds is 8. The summed E-state index contributed by atoms with van der Waals surface area (Å²) >= 11 is 0. The Morgan fingerprint density at radius 1 is 1.20 bits per heavy atom. The van der Waals surface area contributed by atoms with Gasteiger partial charge in [0.25, 0.3) is 0 Å². The molecule has 0 heterocycles. The number of hydrogen-bond donors (Lipinski definition) is 2. The fraction of sp³-hybridized carbons (Fsp3) is 0.579. The van der Waals surface area contributed by atoms with Crippen LogP contribution in [0.1, 0.15) is 56.6 Å². The molecule has 1 aromatic rings. The minimum absolute atomic E-state index is 0.101. The van der Waals surface area contributed by atoms with Crippen molar-refractivity contribution in [2.45, 2.75) is 51.0 Å². The molecule has 1 fully saturated rings. The van der Waals surface area contributed by atoms with Crippen molar-refractivity contribution >= 4 is 11.9 Å². The van der Waals surface area contributed by atoms with Crippen LogP contribution in [0.5, 0.6) is 11.5 Å². The number of aliphatic carboxylic acids is 1. The van der Waals surface area contributed by atoms with Crippen molar-refractivity contribution < 1.29 is 24.2 Å². The molecule has 25 heavy (non-hydrogen) atoms. The Morgan fingerprint density at radius 2 is 1.92 bits per heavy atom. The molecule has 1 aliphatic rings. The summed E-state index contributed by atoms with van der Waals surface area (Å²) in [6.45, 7) is 0. The van der Waals surface area contributed by atoms with Gasteiger partial charge in [0.05, 0.1) is 26.7 Å². The van der Waals surface area contributed by atoms with Gasteiger partial charge in [-0.2, -0.15) is 0 Å². The predicted octanol–water partition coefficient (Wildman–Crippen LogP) is 3.31. The number of amides is 1. The summed E-state index contributed by atoms with van der Waals surface area (Å²) in [6, 6.07) is 4.54. The van der Waals surface area contributed by atoms with Crippen LogP contribution in [0.2, 0.25) is 0 Å². The lowest BCUT2D eigenvalue weighted by Crippen LogP contribution is -2.32. The standard InChI is InChI=1S/C19H27NO5/c1-24-14-8-9-15(17(11-14)25-2)16(12-19(22)23)20-18(21)10-13-6-4-3-5-7-13/h8-9,11,13,16H,3-7,10,12H2,1-2H3,(H,20,21)(H,22,23). The van der Waals surface area contributed by atoms with Crippen molar-refractivity contribution in [2.75, 3.05) is 14.2 Å². The van der Waals surface area contributed by atoms with E-state index in [2.05, 4.69) is 5.32 Å². The van der Waals surface area contributed by atoms with Gasteiger partial charge in [-0.1, -0.05) is 19.3 Å². The van der Waals surface area contributed by atoms with E-state index in [1.165, 1.54) is 26.4 Å².